The van der Waals surface area contributed by atoms with Gasteiger partial charge in [0.1, 0.15) is 5.69 Å². The lowest BCUT2D eigenvalue weighted by Gasteiger charge is -2.36. The number of nitrogens with zero attached hydrogens (tertiary/aromatic N) is 3. The van der Waals surface area contributed by atoms with Gasteiger partial charge in [0, 0.05) is 43.1 Å². The largest absolute Gasteiger partial charge is 0.464 e. The Morgan fingerprint density at radius 1 is 1.21 bits per heavy atom. The number of nitrogens with one attached hydrogen (secondary N) is 1. The van der Waals surface area contributed by atoms with E-state index in [2.05, 4.69) is 10.2 Å². The zero-order valence-electron chi connectivity index (χ0n) is 16.4. The van der Waals surface area contributed by atoms with Gasteiger partial charge in [-0.05, 0) is 44.0 Å². The quantitative estimate of drug-likeness (QED) is 0.454. The van der Waals surface area contributed by atoms with Gasteiger partial charge in [0.25, 0.3) is 5.69 Å². The molecule has 154 valence electrons. The molecule has 1 unspecified atom stereocenters. The number of rotatable bonds is 6. The summed E-state index contributed by atoms with van der Waals surface area (Å²) in [6.07, 6.45) is 3.51. The number of aromatic nitrogens is 1. The van der Waals surface area contributed by atoms with E-state index in [-0.39, 0.29) is 29.6 Å². The zero-order valence-corrected chi connectivity index (χ0v) is 16.4. The van der Waals surface area contributed by atoms with Crippen LogP contribution < -0.4 is 5.32 Å². The predicted molar refractivity (Wildman–Crippen MR) is 107 cm³/mol. The van der Waals surface area contributed by atoms with Crippen LogP contribution in [0.2, 0.25) is 0 Å². The molecular weight excluding hydrogens is 376 g/mol. The number of benzene rings is 1. The van der Waals surface area contributed by atoms with Crippen molar-refractivity contribution in [1.29, 1.82) is 0 Å². The van der Waals surface area contributed by atoms with Crippen LogP contribution in [0.3, 0.4) is 0 Å². The number of anilines is 1. The van der Waals surface area contributed by atoms with E-state index in [1.54, 1.807) is 6.07 Å². The van der Waals surface area contributed by atoms with Crippen molar-refractivity contribution in [2.75, 3.05) is 25.5 Å². The van der Waals surface area contributed by atoms with Crippen molar-refractivity contribution in [3.8, 4) is 0 Å². The maximum atomic E-state index is 12.6. The van der Waals surface area contributed by atoms with Gasteiger partial charge in [-0.1, -0.05) is 0 Å². The molecule has 2 heterocycles. The van der Waals surface area contributed by atoms with E-state index in [1.165, 1.54) is 31.4 Å². The molecule has 0 aliphatic carbocycles. The first-order valence-corrected chi connectivity index (χ1v) is 9.45. The number of ether oxygens (including phenoxy) is 1. The topological polar surface area (TPSA) is 107 Å². The molecule has 0 saturated carbocycles. The first-order valence-electron chi connectivity index (χ1n) is 9.45. The number of hydrogen-bond acceptors (Lipinski definition) is 6. The standard InChI is InChI=1S/C20H24N4O5/c1-14(19(25)21-15-5-7-17(8-6-15)24(27)28)22-12-9-16(10-13-22)23-11-3-4-18(23)20(26)29-2/h3-8,11,14,16H,9-10,12-13H2,1-2H3,(H,21,25). The highest BCUT2D eigenvalue weighted by atomic mass is 16.6. The molecule has 0 spiro atoms. The van der Waals surface area contributed by atoms with Crippen LogP contribution in [0.25, 0.3) is 0 Å². The number of carbonyl (C=O) groups excluding carboxylic acids is 2. The Morgan fingerprint density at radius 3 is 2.45 bits per heavy atom. The molecule has 9 nitrogen and oxygen atoms in total. The summed E-state index contributed by atoms with van der Waals surface area (Å²) in [4.78, 5) is 36.8. The number of likely N-dealkylation sites (tertiary alicyclic amines) is 1. The number of methoxy groups -OCH3 is 1. The van der Waals surface area contributed by atoms with Gasteiger partial charge in [-0.15, -0.1) is 0 Å². The molecule has 2 aromatic rings. The van der Waals surface area contributed by atoms with Gasteiger partial charge in [0.2, 0.25) is 5.91 Å². The minimum Gasteiger partial charge on any atom is -0.464 e. The molecule has 29 heavy (non-hydrogen) atoms. The van der Waals surface area contributed by atoms with Crippen molar-refractivity contribution in [3.63, 3.8) is 0 Å². The molecule has 1 saturated heterocycles. The third kappa shape index (κ3) is 4.62. The number of hydrogen-bond donors (Lipinski definition) is 1. The number of piperidine rings is 1. The Bertz CT molecular complexity index is 885. The van der Waals surface area contributed by atoms with Crippen molar-refractivity contribution in [1.82, 2.24) is 9.47 Å². The number of esters is 1. The SMILES string of the molecule is COC(=O)c1cccn1C1CCN(C(C)C(=O)Nc2ccc([N+](=O)[O-])cc2)CC1. The highest BCUT2D eigenvalue weighted by Crippen LogP contribution is 2.26. The van der Waals surface area contributed by atoms with Crippen LogP contribution in [0.15, 0.2) is 42.6 Å². The Labute approximate surface area is 168 Å². The van der Waals surface area contributed by atoms with E-state index in [4.69, 9.17) is 4.74 Å². The average molecular weight is 400 g/mol. The summed E-state index contributed by atoms with van der Waals surface area (Å²) >= 11 is 0. The van der Waals surface area contributed by atoms with Crippen LogP contribution in [0.1, 0.15) is 36.3 Å². The first-order chi connectivity index (χ1) is 13.9. The highest BCUT2D eigenvalue weighted by molar-refractivity contribution is 5.94. The zero-order chi connectivity index (χ0) is 21.0. The van der Waals surface area contributed by atoms with Crippen LogP contribution >= 0.6 is 0 Å². The Balaban J connectivity index is 1.56. The second kappa shape index (κ2) is 8.87. The predicted octanol–water partition coefficient (Wildman–Crippen LogP) is 2.85. The number of non-ortho nitro benzene ring substituents is 1. The van der Waals surface area contributed by atoms with Crippen molar-refractivity contribution >= 4 is 23.3 Å². The lowest BCUT2D eigenvalue weighted by Crippen LogP contribution is -2.46. The van der Waals surface area contributed by atoms with Gasteiger partial charge < -0.3 is 14.6 Å². The summed E-state index contributed by atoms with van der Waals surface area (Å²) < 4.78 is 6.78. The monoisotopic (exact) mass is 400 g/mol. The summed E-state index contributed by atoms with van der Waals surface area (Å²) in [5.41, 5.74) is 1.04. The molecule has 1 N–H and O–H groups in total. The second-order valence-corrected chi connectivity index (χ2v) is 7.03. The third-order valence-electron chi connectivity index (χ3n) is 5.34. The van der Waals surface area contributed by atoms with E-state index in [0.717, 1.165) is 25.9 Å². The number of amides is 1. The van der Waals surface area contributed by atoms with E-state index >= 15 is 0 Å². The highest BCUT2D eigenvalue weighted by Gasteiger charge is 2.28. The molecule has 9 heteroatoms. The lowest BCUT2D eigenvalue weighted by molar-refractivity contribution is -0.384. The van der Waals surface area contributed by atoms with Crippen molar-refractivity contribution in [2.24, 2.45) is 0 Å². The van der Waals surface area contributed by atoms with Crippen molar-refractivity contribution < 1.29 is 19.2 Å². The summed E-state index contributed by atoms with van der Waals surface area (Å²) in [7, 11) is 1.37. The molecule has 1 aromatic carbocycles. The van der Waals surface area contributed by atoms with Crippen molar-refractivity contribution in [3.05, 3.63) is 58.4 Å². The fraction of sp³-hybridized carbons (Fsp3) is 0.400. The van der Waals surface area contributed by atoms with Crippen LogP contribution in [0, 0.1) is 10.1 Å². The number of nitro benzene ring substituents is 1. The first kappa shape index (κ1) is 20.5. The van der Waals surface area contributed by atoms with Gasteiger partial charge in [-0.3, -0.25) is 19.8 Å². The molecule has 1 aromatic heterocycles. The number of carbonyl (C=O) groups is 2. The maximum Gasteiger partial charge on any atom is 0.354 e. The van der Waals surface area contributed by atoms with Crippen LogP contribution in [0.4, 0.5) is 11.4 Å². The molecule has 1 amide bonds. The minimum absolute atomic E-state index is 0.0190. The van der Waals surface area contributed by atoms with Crippen LogP contribution in [0.5, 0.6) is 0 Å². The van der Waals surface area contributed by atoms with Crippen molar-refractivity contribution in [2.45, 2.75) is 31.8 Å². The van der Waals surface area contributed by atoms with Gasteiger partial charge in [0.05, 0.1) is 18.1 Å². The van der Waals surface area contributed by atoms with E-state index in [1.807, 2.05) is 23.8 Å². The molecule has 1 atom stereocenters. The molecule has 0 bridgehead atoms. The summed E-state index contributed by atoms with van der Waals surface area (Å²) in [5.74, 6) is -0.512. The van der Waals surface area contributed by atoms with E-state index in [9.17, 15) is 19.7 Å². The summed E-state index contributed by atoms with van der Waals surface area (Å²) in [6.45, 7) is 3.28. The van der Waals surface area contributed by atoms with E-state index < -0.39 is 4.92 Å². The van der Waals surface area contributed by atoms with Crippen LogP contribution in [-0.2, 0) is 9.53 Å². The van der Waals surface area contributed by atoms with Crippen LogP contribution in [-0.4, -0.2) is 52.5 Å². The fourth-order valence-electron chi connectivity index (χ4n) is 3.62. The second-order valence-electron chi connectivity index (χ2n) is 7.03. The fourth-order valence-corrected chi connectivity index (χ4v) is 3.62. The molecule has 1 aliphatic rings. The molecular formula is C20H24N4O5. The Morgan fingerprint density at radius 2 is 1.86 bits per heavy atom. The van der Waals surface area contributed by atoms with Gasteiger partial charge >= 0.3 is 5.97 Å². The number of nitro groups is 1. The minimum atomic E-state index is -0.477. The average Bonchev–Trinajstić information content (AvgIpc) is 3.23. The van der Waals surface area contributed by atoms with Gasteiger partial charge in [-0.25, -0.2) is 4.79 Å². The van der Waals surface area contributed by atoms with Gasteiger partial charge in [-0.2, -0.15) is 0 Å². The Kier molecular flexibility index (Phi) is 6.28. The van der Waals surface area contributed by atoms with E-state index in [0.29, 0.717) is 11.4 Å². The lowest BCUT2D eigenvalue weighted by atomic mass is 10.0. The maximum absolute atomic E-state index is 12.6. The van der Waals surface area contributed by atoms with Gasteiger partial charge in [0.15, 0.2) is 0 Å². The summed E-state index contributed by atoms with van der Waals surface area (Å²) in [5, 5.41) is 13.5. The molecule has 1 aliphatic heterocycles. The molecule has 0 radical (unpaired) electrons. The smallest absolute Gasteiger partial charge is 0.354 e. The summed E-state index contributed by atoms with van der Waals surface area (Å²) in [6, 6.07) is 9.20. The molecule has 3 rings (SSSR count). The normalized spacial score (nSPS) is 16.2. The third-order valence-corrected chi connectivity index (χ3v) is 5.34. The molecule has 1 fully saturated rings. The Hall–Kier alpha value is -3.20.